The van der Waals surface area contributed by atoms with E-state index in [2.05, 4.69) is 46.5 Å². The highest BCUT2D eigenvalue weighted by molar-refractivity contribution is 5.18. The first kappa shape index (κ1) is 13.5. The molecule has 0 fully saturated rings. The first-order valence-electron chi connectivity index (χ1n) is 7.14. The molecule has 0 N–H and O–H groups in total. The minimum atomic E-state index is 0.412. The van der Waals surface area contributed by atoms with Gasteiger partial charge in [-0.1, -0.05) is 42.5 Å². The molecule has 1 unspecified atom stereocenters. The summed E-state index contributed by atoms with van der Waals surface area (Å²) in [5, 5.41) is 8.49. The van der Waals surface area contributed by atoms with Crippen molar-refractivity contribution in [3.8, 4) is 0 Å². The van der Waals surface area contributed by atoms with Gasteiger partial charge in [0.15, 0.2) is 0 Å². The van der Waals surface area contributed by atoms with Gasteiger partial charge in [0.25, 0.3) is 0 Å². The molecule has 1 atom stereocenters. The summed E-state index contributed by atoms with van der Waals surface area (Å²) in [4.78, 5) is 4.05. The Morgan fingerprint density at radius 1 is 1.05 bits per heavy atom. The van der Waals surface area contributed by atoms with Crippen molar-refractivity contribution in [2.75, 3.05) is 0 Å². The lowest BCUT2D eigenvalue weighted by Gasteiger charge is -2.08. The van der Waals surface area contributed by atoms with E-state index in [4.69, 9.17) is 0 Å². The summed E-state index contributed by atoms with van der Waals surface area (Å²) >= 11 is 0. The van der Waals surface area contributed by atoms with Gasteiger partial charge in [-0.25, -0.2) is 4.68 Å². The predicted molar refractivity (Wildman–Crippen MR) is 81.9 cm³/mol. The van der Waals surface area contributed by atoms with Crippen LogP contribution in [0.25, 0.3) is 0 Å². The van der Waals surface area contributed by atoms with E-state index in [0.29, 0.717) is 5.92 Å². The third-order valence-corrected chi connectivity index (χ3v) is 3.56. The fraction of sp³-hybridized carbons (Fsp3) is 0.235. The van der Waals surface area contributed by atoms with Gasteiger partial charge >= 0.3 is 0 Å². The van der Waals surface area contributed by atoms with Crippen molar-refractivity contribution >= 4 is 0 Å². The van der Waals surface area contributed by atoms with E-state index in [1.165, 1.54) is 11.1 Å². The van der Waals surface area contributed by atoms with Crippen LogP contribution in [-0.4, -0.2) is 20.0 Å². The molecule has 0 saturated carbocycles. The number of benzene rings is 1. The lowest BCUT2D eigenvalue weighted by Crippen LogP contribution is -2.00. The fourth-order valence-corrected chi connectivity index (χ4v) is 2.40. The largest absolute Gasteiger partial charge is 0.265 e. The summed E-state index contributed by atoms with van der Waals surface area (Å²) in [6.45, 7) is 2.96. The highest BCUT2D eigenvalue weighted by Crippen LogP contribution is 2.18. The van der Waals surface area contributed by atoms with E-state index in [-0.39, 0.29) is 0 Å². The van der Waals surface area contributed by atoms with Crippen LogP contribution in [0.1, 0.15) is 29.7 Å². The lowest BCUT2D eigenvalue weighted by atomic mass is 9.98. The molecular weight excluding hydrogens is 260 g/mol. The van der Waals surface area contributed by atoms with Crippen LogP contribution in [-0.2, 0) is 13.0 Å². The maximum atomic E-state index is 4.28. The van der Waals surface area contributed by atoms with Gasteiger partial charge in [-0.15, -0.1) is 5.10 Å². The number of hydrogen-bond acceptors (Lipinski definition) is 3. The summed E-state index contributed by atoms with van der Waals surface area (Å²) in [5.41, 5.74) is 3.54. The maximum absolute atomic E-state index is 4.28. The van der Waals surface area contributed by atoms with Crippen molar-refractivity contribution in [1.82, 2.24) is 20.0 Å². The number of hydrogen-bond donors (Lipinski definition) is 0. The third-order valence-electron chi connectivity index (χ3n) is 3.56. The van der Waals surface area contributed by atoms with E-state index < -0.39 is 0 Å². The van der Waals surface area contributed by atoms with Gasteiger partial charge in [0, 0.05) is 18.6 Å². The van der Waals surface area contributed by atoms with E-state index in [1.807, 2.05) is 41.5 Å². The van der Waals surface area contributed by atoms with E-state index in [9.17, 15) is 0 Å². The number of aromatic nitrogens is 4. The molecule has 0 bridgehead atoms. The van der Waals surface area contributed by atoms with Crippen LogP contribution in [0.4, 0.5) is 0 Å². The standard InChI is InChI=1S/C17H18N4/c1-14(16-7-9-18-10-8-16)11-17-13-21(20-19-17)12-15-5-3-2-4-6-15/h2-10,13-14H,11-12H2,1H3. The van der Waals surface area contributed by atoms with Crippen LogP contribution in [0.2, 0.25) is 0 Å². The molecule has 0 spiro atoms. The van der Waals surface area contributed by atoms with Crippen molar-refractivity contribution < 1.29 is 0 Å². The molecule has 0 amide bonds. The minimum Gasteiger partial charge on any atom is -0.265 e. The average molecular weight is 278 g/mol. The van der Waals surface area contributed by atoms with E-state index >= 15 is 0 Å². The van der Waals surface area contributed by atoms with Gasteiger partial charge in [-0.3, -0.25) is 4.98 Å². The molecule has 0 aliphatic heterocycles. The Kier molecular flexibility index (Phi) is 4.05. The average Bonchev–Trinajstić information content (AvgIpc) is 2.96. The molecule has 4 heteroatoms. The SMILES string of the molecule is CC(Cc1cn(Cc2ccccc2)nn1)c1ccncc1. The van der Waals surface area contributed by atoms with Gasteiger partial charge in [0.1, 0.15) is 0 Å². The normalized spacial score (nSPS) is 12.2. The summed E-state index contributed by atoms with van der Waals surface area (Å²) in [7, 11) is 0. The molecule has 2 heterocycles. The smallest absolute Gasteiger partial charge is 0.0833 e. The van der Waals surface area contributed by atoms with Crippen LogP contribution in [0, 0.1) is 0 Å². The summed E-state index contributed by atoms with van der Waals surface area (Å²) < 4.78 is 1.89. The summed E-state index contributed by atoms with van der Waals surface area (Å²) in [6.07, 6.45) is 6.58. The molecule has 1 aromatic carbocycles. The van der Waals surface area contributed by atoms with Crippen LogP contribution < -0.4 is 0 Å². The maximum Gasteiger partial charge on any atom is 0.0833 e. The topological polar surface area (TPSA) is 43.6 Å². The number of rotatable bonds is 5. The van der Waals surface area contributed by atoms with Crippen molar-refractivity contribution in [3.05, 3.63) is 77.9 Å². The Labute approximate surface area is 124 Å². The van der Waals surface area contributed by atoms with Crippen molar-refractivity contribution in [2.45, 2.75) is 25.8 Å². The van der Waals surface area contributed by atoms with Crippen molar-refractivity contribution in [1.29, 1.82) is 0 Å². The Bertz CT molecular complexity index is 676. The minimum absolute atomic E-state index is 0.412. The molecule has 106 valence electrons. The summed E-state index contributed by atoms with van der Waals surface area (Å²) in [6, 6.07) is 14.4. The van der Waals surface area contributed by atoms with Gasteiger partial charge in [0.2, 0.25) is 0 Å². The molecule has 21 heavy (non-hydrogen) atoms. The second-order valence-electron chi connectivity index (χ2n) is 5.28. The molecular formula is C17H18N4. The van der Waals surface area contributed by atoms with Crippen molar-refractivity contribution in [3.63, 3.8) is 0 Å². The van der Waals surface area contributed by atoms with E-state index in [0.717, 1.165) is 18.7 Å². The van der Waals surface area contributed by atoms with Crippen LogP contribution in [0.15, 0.2) is 61.1 Å². The second kappa shape index (κ2) is 6.31. The number of nitrogens with zero attached hydrogens (tertiary/aromatic N) is 4. The van der Waals surface area contributed by atoms with Gasteiger partial charge < -0.3 is 0 Å². The zero-order chi connectivity index (χ0) is 14.5. The molecule has 2 aromatic heterocycles. The monoisotopic (exact) mass is 278 g/mol. The zero-order valence-electron chi connectivity index (χ0n) is 12.1. The first-order valence-corrected chi connectivity index (χ1v) is 7.14. The van der Waals surface area contributed by atoms with Crippen LogP contribution >= 0.6 is 0 Å². The quantitative estimate of drug-likeness (QED) is 0.720. The second-order valence-corrected chi connectivity index (χ2v) is 5.28. The Morgan fingerprint density at radius 2 is 1.81 bits per heavy atom. The first-order chi connectivity index (χ1) is 10.3. The predicted octanol–water partition coefficient (Wildman–Crippen LogP) is 3.07. The van der Waals surface area contributed by atoms with Gasteiger partial charge in [0.05, 0.1) is 12.2 Å². The van der Waals surface area contributed by atoms with Gasteiger partial charge in [-0.2, -0.15) is 0 Å². The van der Waals surface area contributed by atoms with Crippen LogP contribution in [0.5, 0.6) is 0 Å². The molecule has 3 aromatic rings. The zero-order valence-corrected chi connectivity index (χ0v) is 12.1. The molecule has 3 rings (SSSR count). The molecule has 0 saturated heterocycles. The number of pyridine rings is 1. The highest BCUT2D eigenvalue weighted by Gasteiger charge is 2.09. The van der Waals surface area contributed by atoms with Crippen molar-refractivity contribution in [2.24, 2.45) is 0 Å². The molecule has 0 aliphatic carbocycles. The van der Waals surface area contributed by atoms with Crippen LogP contribution in [0.3, 0.4) is 0 Å². The third kappa shape index (κ3) is 3.54. The summed E-state index contributed by atoms with van der Waals surface area (Å²) in [5.74, 6) is 0.412. The highest BCUT2D eigenvalue weighted by atomic mass is 15.4. The Hall–Kier alpha value is -2.49. The molecule has 0 aliphatic rings. The molecule has 0 radical (unpaired) electrons. The Morgan fingerprint density at radius 3 is 2.57 bits per heavy atom. The van der Waals surface area contributed by atoms with Gasteiger partial charge in [-0.05, 0) is 35.6 Å². The fourth-order valence-electron chi connectivity index (χ4n) is 2.40. The molecule has 4 nitrogen and oxygen atoms in total. The lowest BCUT2D eigenvalue weighted by molar-refractivity contribution is 0.648. The Balaban J connectivity index is 1.65. The van der Waals surface area contributed by atoms with E-state index in [1.54, 1.807) is 0 Å².